The van der Waals surface area contributed by atoms with Gasteiger partial charge in [0.1, 0.15) is 0 Å². The summed E-state index contributed by atoms with van der Waals surface area (Å²) >= 11 is 0. The van der Waals surface area contributed by atoms with Crippen LogP contribution >= 0.6 is 0 Å². The molecule has 1 unspecified atom stereocenters. The molecule has 0 aliphatic rings. The minimum Gasteiger partial charge on any atom is -0.481 e. The number of carbonyl (C=O) groups is 2. The van der Waals surface area contributed by atoms with Crippen LogP contribution in [0.2, 0.25) is 0 Å². The Labute approximate surface area is 135 Å². The molecular formula is C16H22N2O5. The maximum absolute atomic E-state index is 12.3. The first-order valence-electron chi connectivity index (χ1n) is 7.22. The topological polar surface area (TPSA) is 101 Å². The van der Waals surface area contributed by atoms with E-state index in [0.717, 1.165) is 0 Å². The Hall–Kier alpha value is -2.44. The van der Waals surface area contributed by atoms with Crippen LogP contribution in [-0.4, -0.2) is 40.4 Å². The number of nitro groups is 1. The van der Waals surface area contributed by atoms with Crippen LogP contribution in [0.25, 0.3) is 0 Å². The van der Waals surface area contributed by atoms with Gasteiger partial charge in [0, 0.05) is 30.8 Å². The maximum atomic E-state index is 12.3. The maximum Gasteiger partial charge on any atom is 0.308 e. The standard InChI is InChI=1S/C16H22N2O5/c1-10(15(20)21)9-17(5)14(19)11-6-7-12(16(2,3)4)13(8-11)18(22)23/h6-8,10H,9H2,1-5H3,(H,20,21). The molecule has 0 aliphatic heterocycles. The highest BCUT2D eigenvalue weighted by atomic mass is 16.6. The van der Waals surface area contributed by atoms with Crippen molar-refractivity contribution in [1.82, 2.24) is 4.90 Å². The van der Waals surface area contributed by atoms with Crippen LogP contribution in [0.15, 0.2) is 18.2 Å². The average molecular weight is 322 g/mol. The SMILES string of the molecule is CC(CN(C)C(=O)c1ccc(C(C)(C)C)c([N+](=O)[O-])c1)C(=O)O. The molecule has 1 atom stereocenters. The van der Waals surface area contributed by atoms with E-state index in [4.69, 9.17) is 5.11 Å². The Bertz CT molecular complexity index is 634. The van der Waals surface area contributed by atoms with Crippen LogP contribution in [-0.2, 0) is 10.2 Å². The number of rotatable bonds is 5. The molecule has 1 aromatic carbocycles. The molecule has 0 bridgehead atoms. The zero-order valence-corrected chi connectivity index (χ0v) is 14.0. The van der Waals surface area contributed by atoms with Gasteiger partial charge in [-0.25, -0.2) is 0 Å². The minimum absolute atomic E-state index is 0.0307. The molecule has 7 heteroatoms. The van der Waals surface area contributed by atoms with Crippen molar-refractivity contribution in [2.24, 2.45) is 5.92 Å². The molecule has 1 amide bonds. The Morgan fingerprint density at radius 3 is 2.35 bits per heavy atom. The van der Waals surface area contributed by atoms with Crippen molar-refractivity contribution < 1.29 is 19.6 Å². The number of hydrogen-bond acceptors (Lipinski definition) is 4. The molecule has 0 fully saturated rings. The number of amides is 1. The van der Waals surface area contributed by atoms with Gasteiger partial charge in [0.25, 0.3) is 11.6 Å². The van der Waals surface area contributed by atoms with Gasteiger partial charge in [-0.1, -0.05) is 33.8 Å². The second-order valence-corrected chi connectivity index (χ2v) is 6.66. The summed E-state index contributed by atoms with van der Waals surface area (Å²) in [5, 5.41) is 20.2. The Morgan fingerprint density at radius 2 is 1.91 bits per heavy atom. The number of aliphatic carboxylic acids is 1. The lowest BCUT2D eigenvalue weighted by molar-refractivity contribution is -0.386. The van der Waals surface area contributed by atoms with Crippen molar-refractivity contribution >= 4 is 17.6 Å². The van der Waals surface area contributed by atoms with E-state index >= 15 is 0 Å². The van der Waals surface area contributed by atoms with Crippen molar-refractivity contribution in [2.45, 2.75) is 33.1 Å². The summed E-state index contributed by atoms with van der Waals surface area (Å²) in [5.41, 5.74) is 0.182. The lowest BCUT2D eigenvalue weighted by Crippen LogP contribution is -2.33. The molecule has 0 spiro atoms. The van der Waals surface area contributed by atoms with Crippen LogP contribution in [0.3, 0.4) is 0 Å². The van der Waals surface area contributed by atoms with Crippen LogP contribution < -0.4 is 0 Å². The fourth-order valence-corrected chi connectivity index (χ4v) is 2.24. The molecule has 23 heavy (non-hydrogen) atoms. The largest absolute Gasteiger partial charge is 0.481 e. The third-order valence-electron chi connectivity index (χ3n) is 3.57. The molecule has 1 aromatic rings. The van der Waals surface area contributed by atoms with E-state index in [2.05, 4.69) is 0 Å². The van der Waals surface area contributed by atoms with Crippen LogP contribution in [0.1, 0.15) is 43.6 Å². The van der Waals surface area contributed by atoms with E-state index in [1.54, 1.807) is 6.07 Å². The predicted octanol–water partition coefficient (Wildman–Crippen LogP) is 2.69. The number of carbonyl (C=O) groups excluding carboxylic acids is 1. The molecular weight excluding hydrogens is 300 g/mol. The van der Waals surface area contributed by atoms with Crippen molar-refractivity contribution in [3.05, 3.63) is 39.4 Å². The Balaban J connectivity index is 3.14. The summed E-state index contributed by atoms with van der Waals surface area (Å²) < 4.78 is 0. The second-order valence-electron chi connectivity index (χ2n) is 6.66. The number of carboxylic acid groups (broad SMARTS) is 1. The zero-order chi connectivity index (χ0) is 17.9. The number of nitro benzene ring substituents is 1. The van der Waals surface area contributed by atoms with Gasteiger partial charge in [-0.2, -0.15) is 0 Å². The molecule has 0 heterocycles. The average Bonchev–Trinajstić information content (AvgIpc) is 2.44. The van der Waals surface area contributed by atoms with E-state index < -0.39 is 28.1 Å². The zero-order valence-electron chi connectivity index (χ0n) is 14.0. The first kappa shape index (κ1) is 18.6. The van der Waals surface area contributed by atoms with Crippen molar-refractivity contribution in [1.29, 1.82) is 0 Å². The minimum atomic E-state index is -1.00. The van der Waals surface area contributed by atoms with Gasteiger partial charge < -0.3 is 10.0 Å². The highest BCUT2D eigenvalue weighted by Gasteiger charge is 2.27. The smallest absolute Gasteiger partial charge is 0.308 e. The van der Waals surface area contributed by atoms with E-state index in [0.29, 0.717) is 5.56 Å². The van der Waals surface area contributed by atoms with Gasteiger partial charge >= 0.3 is 5.97 Å². The van der Waals surface area contributed by atoms with Crippen molar-refractivity contribution in [3.8, 4) is 0 Å². The predicted molar refractivity (Wildman–Crippen MR) is 85.6 cm³/mol. The third kappa shape index (κ3) is 4.51. The molecule has 7 nitrogen and oxygen atoms in total. The van der Waals surface area contributed by atoms with Crippen LogP contribution in [0.5, 0.6) is 0 Å². The molecule has 0 saturated heterocycles. The summed E-state index contributed by atoms with van der Waals surface area (Å²) in [6, 6.07) is 4.38. The number of benzene rings is 1. The normalized spacial score (nSPS) is 12.6. The Kier molecular flexibility index (Phi) is 5.47. The van der Waals surface area contributed by atoms with Crippen molar-refractivity contribution in [3.63, 3.8) is 0 Å². The van der Waals surface area contributed by atoms with Crippen LogP contribution in [0.4, 0.5) is 5.69 Å². The summed E-state index contributed by atoms with van der Waals surface area (Å²) in [6.07, 6.45) is 0. The second kappa shape index (κ2) is 6.76. The lowest BCUT2D eigenvalue weighted by Gasteiger charge is -2.21. The number of hydrogen-bond donors (Lipinski definition) is 1. The van der Waals surface area contributed by atoms with Gasteiger partial charge in [0.05, 0.1) is 10.8 Å². The van der Waals surface area contributed by atoms with Gasteiger partial charge in [0.15, 0.2) is 0 Å². The molecule has 0 radical (unpaired) electrons. The van der Waals surface area contributed by atoms with Crippen LogP contribution in [0, 0.1) is 16.0 Å². The molecule has 1 rings (SSSR count). The van der Waals surface area contributed by atoms with Gasteiger partial charge in [-0.3, -0.25) is 19.7 Å². The highest BCUT2D eigenvalue weighted by molar-refractivity contribution is 5.95. The van der Waals surface area contributed by atoms with Gasteiger partial charge in [0.2, 0.25) is 0 Å². The third-order valence-corrected chi connectivity index (χ3v) is 3.57. The van der Waals surface area contributed by atoms with E-state index in [1.165, 1.54) is 31.0 Å². The fraction of sp³-hybridized carbons (Fsp3) is 0.500. The van der Waals surface area contributed by atoms with E-state index in [1.807, 2.05) is 20.8 Å². The fourth-order valence-electron chi connectivity index (χ4n) is 2.24. The van der Waals surface area contributed by atoms with Gasteiger partial charge in [-0.15, -0.1) is 0 Å². The molecule has 126 valence electrons. The summed E-state index contributed by atoms with van der Waals surface area (Å²) in [7, 11) is 1.48. The summed E-state index contributed by atoms with van der Waals surface area (Å²) in [5.74, 6) is -2.16. The molecule has 0 aromatic heterocycles. The molecule has 0 aliphatic carbocycles. The number of nitrogens with zero attached hydrogens (tertiary/aromatic N) is 2. The van der Waals surface area contributed by atoms with E-state index in [-0.39, 0.29) is 17.8 Å². The lowest BCUT2D eigenvalue weighted by atomic mass is 9.85. The Morgan fingerprint density at radius 1 is 1.35 bits per heavy atom. The first-order valence-corrected chi connectivity index (χ1v) is 7.22. The summed E-state index contributed by atoms with van der Waals surface area (Å²) in [6.45, 7) is 7.10. The monoisotopic (exact) mass is 322 g/mol. The summed E-state index contributed by atoms with van der Waals surface area (Å²) in [4.78, 5) is 35.3. The highest BCUT2D eigenvalue weighted by Crippen LogP contribution is 2.32. The molecule has 1 N–H and O–H groups in total. The van der Waals surface area contributed by atoms with E-state index in [9.17, 15) is 19.7 Å². The quantitative estimate of drug-likeness (QED) is 0.663. The molecule has 0 saturated carbocycles. The number of carboxylic acids is 1. The van der Waals surface area contributed by atoms with Gasteiger partial charge in [-0.05, 0) is 11.5 Å². The van der Waals surface area contributed by atoms with Crippen molar-refractivity contribution in [2.75, 3.05) is 13.6 Å². The first-order chi connectivity index (χ1) is 10.4.